The number of amides is 1. The van der Waals surface area contributed by atoms with Crippen LogP contribution in [0, 0.1) is 11.8 Å². The van der Waals surface area contributed by atoms with Gasteiger partial charge in [0.15, 0.2) is 11.4 Å². The van der Waals surface area contributed by atoms with Gasteiger partial charge >= 0.3 is 0 Å². The highest BCUT2D eigenvalue weighted by molar-refractivity contribution is 6.24. The van der Waals surface area contributed by atoms with E-state index in [0.29, 0.717) is 5.56 Å². The summed E-state index contributed by atoms with van der Waals surface area (Å²) in [6, 6.07) is 3.20. The number of phenols is 1. The van der Waals surface area contributed by atoms with Gasteiger partial charge in [0.1, 0.15) is 22.8 Å². The van der Waals surface area contributed by atoms with Crippen LogP contribution in [0.2, 0.25) is 0 Å². The Morgan fingerprint density at radius 1 is 1.11 bits per heavy atom. The SMILES string of the molecule is NC(=O)C1=C(O)C2(O)C(=O)C3=C(O)c4c(O)cccc4CC3CC2C(N2CCC(F)(F)CC2)C1=O. The first-order valence-corrected chi connectivity index (χ1v) is 11.3. The highest BCUT2D eigenvalue weighted by Crippen LogP contribution is 2.53. The summed E-state index contributed by atoms with van der Waals surface area (Å²) in [4.78, 5) is 40.6. The van der Waals surface area contributed by atoms with E-state index in [1.165, 1.54) is 11.0 Å². The second-order valence-electron chi connectivity index (χ2n) is 9.70. The van der Waals surface area contributed by atoms with Crippen molar-refractivity contribution in [3.05, 3.63) is 46.2 Å². The van der Waals surface area contributed by atoms with Gasteiger partial charge in [-0.05, 0) is 30.4 Å². The lowest BCUT2D eigenvalue weighted by atomic mass is 9.57. The Bertz CT molecular complexity index is 1230. The molecule has 11 heteroatoms. The van der Waals surface area contributed by atoms with Crippen LogP contribution in [0.3, 0.4) is 0 Å². The van der Waals surface area contributed by atoms with E-state index >= 15 is 0 Å². The van der Waals surface area contributed by atoms with E-state index in [2.05, 4.69) is 0 Å². The summed E-state index contributed by atoms with van der Waals surface area (Å²) in [5.74, 6) is -10.4. The molecule has 0 spiro atoms. The number of hydrogen-bond donors (Lipinski definition) is 5. The lowest BCUT2D eigenvalue weighted by Gasteiger charge is -2.52. The number of benzene rings is 1. The number of alkyl halides is 2. The van der Waals surface area contributed by atoms with E-state index in [-0.39, 0.29) is 42.8 Å². The molecule has 1 aromatic carbocycles. The summed E-state index contributed by atoms with van der Waals surface area (Å²) in [5, 5.41) is 43.7. The number of piperidine rings is 1. The average molecular weight is 490 g/mol. The van der Waals surface area contributed by atoms with Gasteiger partial charge in [-0.1, -0.05) is 12.1 Å². The Hall–Kier alpha value is -3.31. The Morgan fingerprint density at radius 3 is 2.40 bits per heavy atom. The summed E-state index contributed by atoms with van der Waals surface area (Å²) in [5.41, 5.74) is 1.89. The lowest BCUT2D eigenvalue weighted by molar-refractivity contribution is -0.158. The minimum absolute atomic E-state index is 0.0226. The number of halogens is 2. The molecule has 1 aliphatic heterocycles. The number of ketones is 2. The molecule has 5 rings (SSSR count). The minimum atomic E-state index is -2.94. The first-order valence-electron chi connectivity index (χ1n) is 11.3. The second-order valence-corrected chi connectivity index (χ2v) is 9.70. The number of aliphatic hydroxyl groups is 3. The Kier molecular flexibility index (Phi) is 5.08. The molecule has 0 bridgehead atoms. The van der Waals surface area contributed by atoms with Crippen molar-refractivity contribution in [2.45, 2.75) is 43.2 Å². The van der Waals surface area contributed by atoms with Crippen molar-refractivity contribution in [2.75, 3.05) is 13.1 Å². The van der Waals surface area contributed by atoms with Gasteiger partial charge in [0, 0.05) is 37.4 Å². The van der Waals surface area contributed by atoms with Gasteiger partial charge in [-0.3, -0.25) is 19.3 Å². The number of fused-ring (bicyclic) bond motifs is 3. The van der Waals surface area contributed by atoms with E-state index < -0.39 is 76.8 Å². The monoisotopic (exact) mass is 490 g/mol. The molecule has 0 aromatic heterocycles. The van der Waals surface area contributed by atoms with Crippen molar-refractivity contribution in [3.8, 4) is 5.75 Å². The number of likely N-dealkylation sites (tertiary alicyclic amines) is 1. The fourth-order valence-electron chi connectivity index (χ4n) is 6.14. The molecule has 3 aliphatic carbocycles. The smallest absolute Gasteiger partial charge is 0.255 e. The molecule has 1 amide bonds. The fraction of sp³-hybridized carbons (Fsp3) is 0.458. The summed E-state index contributed by atoms with van der Waals surface area (Å²) < 4.78 is 27.6. The van der Waals surface area contributed by atoms with Crippen molar-refractivity contribution in [2.24, 2.45) is 17.6 Å². The maximum absolute atomic E-state index is 13.8. The number of aromatic hydroxyl groups is 1. The molecule has 9 nitrogen and oxygen atoms in total. The summed E-state index contributed by atoms with van der Waals surface area (Å²) in [7, 11) is 0. The van der Waals surface area contributed by atoms with Crippen LogP contribution in [0.4, 0.5) is 8.78 Å². The van der Waals surface area contributed by atoms with Crippen LogP contribution in [0.25, 0.3) is 5.76 Å². The zero-order chi connectivity index (χ0) is 25.4. The molecule has 4 atom stereocenters. The van der Waals surface area contributed by atoms with Crippen molar-refractivity contribution in [3.63, 3.8) is 0 Å². The summed E-state index contributed by atoms with van der Waals surface area (Å²) in [6.45, 7) is -0.460. The molecule has 1 saturated carbocycles. The van der Waals surface area contributed by atoms with Gasteiger partial charge in [-0.25, -0.2) is 8.78 Å². The molecule has 4 unspecified atom stereocenters. The predicted molar refractivity (Wildman–Crippen MR) is 116 cm³/mol. The maximum Gasteiger partial charge on any atom is 0.255 e. The van der Waals surface area contributed by atoms with Gasteiger partial charge in [-0.2, -0.15) is 0 Å². The number of hydrogen-bond acceptors (Lipinski definition) is 8. The van der Waals surface area contributed by atoms with Crippen LogP contribution in [0.15, 0.2) is 35.1 Å². The Morgan fingerprint density at radius 2 is 1.77 bits per heavy atom. The highest BCUT2D eigenvalue weighted by atomic mass is 19.3. The topological polar surface area (TPSA) is 161 Å². The number of Topliss-reactive ketones (excluding diaryl/α,β-unsaturated/α-hetero) is 2. The molecular formula is C24H24F2N2O7. The van der Waals surface area contributed by atoms with E-state index in [1.807, 2.05) is 0 Å². The number of phenolic OH excluding ortho intramolecular Hbond substituents is 1. The maximum atomic E-state index is 13.8. The van der Waals surface area contributed by atoms with E-state index in [0.717, 1.165) is 0 Å². The van der Waals surface area contributed by atoms with Crippen LogP contribution >= 0.6 is 0 Å². The van der Waals surface area contributed by atoms with Crippen LogP contribution in [-0.2, 0) is 20.8 Å². The molecule has 6 N–H and O–H groups in total. The molecular weight excluding hydrogens is 466 g/mol. The van der Waals surface area contributed by atoms with Crippen LogP contribution in [-0.4, -0.2) is 73.5 Å². The quantitative estimate of drug-likeness (QED) is 0.386. The lowest BCUT2D eigenvalue weighted by Crippen LogP contribution is -2.67. The first-order chi connectivity index (χ1) is 16.4. The third kappa shape index (κ3) is 3.21. The number of rotatable bonds is 2. The zero-order valence-electron chi connectivity index (χ0n) is 18.5. The summed E-state index contributed by atoms with van der Waals surface area (Å²) in [6.07, 6.45) is -0.997. The number of nitrogens with two attached hydrogens (primary N) is 1. The second kappa shape index (κ2) is 7.59. The van der Waals surface area contributed by atoms with E-state index in [4.69, 9.17) is 5.73 Å². The zero-order valence-corrected chi connectivity index (χ0v) is 18.5. The number of carbonyl (C=O) groups excluding carboxylic acids is 3. The largest absolute Gasteiger partial charge is 0.508 e. The third-order valence-corrected chi connectivity index (χ3v) is 7.82. The molecule has 1 saturated heterocycles. The summed E-state index contributed by atoms with van der Waals surface area (Å²) >= 11 is 0. The predicted octanol–water partition coefficient (Wildman–Crippen LogP) is 1.13. The number of primary amides is 1. The molecule has 0 radical (unpaired) electrons. The highest BCUT2D eigenvalue weighted by Gasteiger charge is 2.64. The van der Waals surface area contributed by atoms with Gasteiger partial charge < -0.3 is 26.2 Å². The average Bonchev–Trinajstić information content (AvgIpc) is 2.77. The van der Waals surface area contributed by atoms with Gasteiger partial charge in [0.05, 0.1) is 11.6 Å². The molecule has 35 heavy (non-hydrogen) atoms. The van der Waals surface area contributed by atoms with Gasteiger partial charge in [-0.15, -0.1) is 0 Å². The van der Waals surface area contributed by atoms with E-state index in [1.54, 1.807) is 12.1 Å². The normalized spacial score (nSPS) is 32.7. The van der Waals surface area contributed by atoms with Crippen LogP contribution < -0.4 is 5.73 Å². The standard InChI is InChI=1S/C24H24F2N2O7/c25-23(26)4-6-28(7-5-23)17-12-9-11-8-10-2-1-3-13(29)14(10)18(30)15(11)20(32)24(12,35)21(33)16(19(17)31)22(27)34/h1-3,11-12,17,29-30,33,35H,4-9H2,(H2,27,34). The van der Waals surface area contributed by atoms with Crippen LogP contribution in [0.1, 0.15) is 30.4 Å². The van der Waals surface area contributed by atoms with Crippen molar-refractivity contribution in [1.29, 1.82) is 0 Å². The minimum Gasteiger partial charge on any atom is -0.508 e. The van der Waals surface area contributed by atoms with Crippen molar-refractivity contribution >= 4 is 23.2 Å². The molecule has 1 aromatic rings. The van der Waals surface area contributed by atoms with Gasteiger partial charge in [0.25, 0.3) is 11.8 Å². The fourth-order valence-corrected chi connectivity index (χ4v) is 6.14. The van der Waals surface area contributed by atoms with Crippen molar-refractivity contribution in [1.82, 2.24) is 4.90 Å². The number of aliphatic hydroxyl groups excluding tert-OH is 2. The Balaban J connectivity index is 1.67. The molecule has 186 valence electrons. The van der Waals surface area contributed by atoms with Gasteiger partial charge in [0.2, 0.25) is 5.78 Å². The number of nitrogens with zero attached hydrogens (tertiary/aromatic N) is 1. The molecule has 4 aliphatic rings. The molecule has 1 heterocycles. The van der Waals surface area contributed by atoms with E-state index in [9.17, 15) is 43.6 Å². The first kappa shape index (κ1) is 23.4. The third-order valence-electron chi connectivity index (χ3n) is 7.82. The number of carbonyl (C=O) groups is 3. The van der Waals surface area contributed by atoms with Crippen molar-refractivity contribution < 1.29 is 43.6 Å². The molecule has 2 fully saturated rings. The van der Waals surface area contributed by atoms with Crippen LogP contribution in [0.5, 0.6) is 5.75 Å². The Labute approximate surface area is 198 Å².